The first-order valence-electron chi connectivity index (χ1n) is 6.36. The number of hydrogen-bond donors (Lipinski definition) is 0. The highest BCUT2D eigenvalue weighted by Crippen LogP contribution is 2.57. The Bertz CT molecular complexity index is 339. The van der Waals surface area contributed by atoms with Crippen LogP contribution in [-0.2, 0) is 4.79 Å². The molecule has 0 N–H and O–H groups in total. The second-order valence-electron chi connectivity index (χ2n) is 5.71. The van der Waals surface area contributed by atoms with Crippen molar-refractivity contribution in [2.45, 2.75) is 46.0 Å². The molecule has 0 aromatic rings. The van der Waals surface area contributed by atoms with Gasteiger partial charge < -0.3 is 4.79 Å². The highest BCUT2D eigenvalue weighted by Gasteiger charge is 2.49. The van der Waals surface area contributed by atoms with Crippen molar-refractivity contribution in [2.24, 2.45) is 17.3 Å². The quantitative estimate of drug-likeness (QED) is 0.507. The minimum atomic E-state index is 0.215. The van der Waals surface area contributed by atoms with Crippen molar-refractivity contribution in [1.29, 1.82) is 0 Å². The fourth-order valence-electron chi connectivity index (χ4n) is 3.77. The van der Waals surface area contributed by atoms with Crippen molar-refractivity contribution in [3.05, 3.63) is 23.8 Å². The van der Waals surface area contributed by atoms with Gasteiger partial charge in [-0.05, 0) is 57.3 Å². The lowest BCUT2D eigenvalue weighted by Gasteiger charge is -2.41. The molecule has 0 amide bonds. The summed E-state index contributed by atoms with van der Waals surface area (Å²) in [5, 5.41) is 0. The lowest BCUT2D eigenvalue weighted by molar-refractivity contribution is -0.114. The monoisotopic (exact) mass is 218 g/mol. The third-order valence-corrected chi connectivity index (χ3v) is 4.77. The van der Waals surface area contributed by atoms with Gasteiger partial charge in [-0.15, -0.1) is 0 Å². The molecule has 0 aromatic heterocycles. The minimum absolute atomic E-state index is 0.215. The van der Waals surface area contributed by atoms with Crippen molar-refractivity contribution in [3.63, 3.8) is 0 Å². The van der Waals surface area contributed by atoms with E-state index in [2.05, 4.69) is 26.5 Å². The van der Waals surface area contributed by atoms with Gasteiger partial charge in [-0.2, -0.15) is 0 Å². The number of allylic oxidation sites excluding steroid dienone is 3. The SMILES string of the molecule is C=C(C)[C@H]1CC[C@@H](C=O)[C@@]12CC=C(C)CC2. The number of carbonyl (C=O) groups excluding carboxylic acids is 1. The summed E-state index contributed by atoms with van der Waals surface area (Å²) < 4.78 is 0. The van der Waals surface area contributed by atoms with Crippen LogP contribution < -0.4 is 0 Å². The van der Waals surface area contributed by atoms with E-state index in [1.54, 1.807) is 0 Å². The van der Waals surface area contributed by atoms with Crippen LogP contribution >= 0.6 is 0 Å². The van der Waals surface area contributed by atoms with Crippen LogP contribution in [0.3, 0.4) is 0 Å². The first-order chi connectivity index (χ1) is 7.60. The molecule has 0 saturated heterocycles. The molecular formula is C15H22O. The van der Waals surface area contributed by atoms with Crippen LogP contribution in [0.2, 0.25) is 0 Å². The van der Waals surface area contributed by atoms with Gasteiger partial charge in [-0.1, -0.05) is 23.8 Å². The molecule has 1 spiro atoms. The highest BCUT2D eigenvalue weighted by molar-refractivity contribution is 5.57. The molecule has 3 atom stereocenters. The van der Waals surface area contributed by atoms with Crippen molar-refractivity contribution in [1.82, 2.24) is 0 Å². The number of rotatable bonds is 2. The molecule has 0 aliphatic heterocycles. The summed E-state index contributed by atoms with van der Waals surface area (Å²) in [5.74, 6) is 0.825. The van der Waals surface area contributed by atoms with E-state index in [4.69, 9.17) is 0 Å². The topological polar surface area (TPSA) is 17.1 Å². The first-order valence-corrected chi connectivity index (χ1v) is 6.36. The van der Waals surface area contributed by atoms with Gasteiger partial charge in [0.25, 0.3) is 0 Å². The van der Waals surface area contributed by atoms with E-state index < -0.39 is 0 Å². The second kappa shape index (κ2) is 4.20. The molecule has 2 aliphatic rings. The molecule has 0 bridgehead atoms. The van der Waals surface area contributed by atoms with Crippen LogP contribution in [0.25, 0.3) is 0 Å². The minimum Gasteiger partial charge on any atom is -0.303 e. The van der Waals surface area contributed by atoms with Gasteiger partial charge in [-0.25, -0.2) is 0 Å². The standard InChI is InChI=1S/C15H22O/c1-11(2)14-5-4-13(10-16)15(14)8-6-12(3)7-9-15/h6,10,13-14H,1,4-5,7-9H2,2-3H3/t13-,14+,15-/m0/s1. The average molecular weight is 218 g/mol. The summed E-state index contributed by atoms with van der Waals surface area (Å²) in [7, 11) is 0. The van der Waals surface area contributed by atoms with E-state index in [-0.39, 0.29) is 11.3 Å². The van der Waals surface area contributed by atoms with E-state index in [0.717, 1.165) is 25.7 Å². The van der Waals surface area contributed by atoms with E-state index >= 15 is 0 Å². The van der Waals surface area contributed by atoms with Crippen molar-refractivity contribution in [2.75, 3.05) is 0 Å². The predicted octanol–water partition coefficient (Wildman–Crippen LogP) is 3.90. The number of carbonyl (C=O) groups is 1. The average Bonchev–Trinajstić information content (AvgIpc) is 2.61. The van der Waals surface area contributed by atoms with Crippen LogP contribution in [0, 0.1) is 17.3 Å². The Balaban J connectivity index is 2.32. The summed E-state index contributed by atoms with van der Waals surface area (Å²) in [5.41, 5.74) is 2.98. The molecule has 1 heteroatoms. The zero-order chi connectivity index (χ0) is 11.8. The maximum atomic E-state index is 11.3. The largest absolute Gasteiger partial charge is 0.303 e. The van der Waals surface area contributed by atoms with Crippen LogP contribution in [0.4, 0.5) is 0 Å². The lowest BCUT2D eigenvalue weighted by atomic mass is 9.63. The van der Waals surface area contributed by atoms with Crippen LogP contribution in [-0.4, -0.2) is 6.29 Å². The molecule has 0 aromatic carbocycles. The Hall–Kier alpha value is -0.850. The molecule has 16 heavy (non-hydrogen) atoms. The Morgan fingerprint density at radius 3 is 2.81 bits per heavy atom. The molecule has 1 nitrogen and oxygen atoms in total. The molecule has 2 rings (SSSR count). The second-order valence-corrected chi connectivity index (χ2v) is 5.71. The summed E-state index contributed by atoms with van der Waals surface area (Å²) in [6, 6.07) is 0. The fraction of sp³-hybridized carbons (Fsp3) is 0.667. The van der Waals surface area contributed by atoms with Crippen molar-refractivity contribution >= 4 is 6.29 Å². The highest BCUT2D eigenvalue weighted by atomic mass is 16.1. The van der Waals surface area contributed by atoms with Gasteiger partial charge in [0.2, 0.25) is 0 Å². The molecule has 88 valence electrons. The lowest BCUT2D eigenvalue weighted by Crippen LogP contribution is -2.34. The van der Waals surface area contributed by atoms with Crippen molar-refractivity contribution in [3.8, 4) is 0 Å². The van der Waals surface area contributed by atoms with Crippen molar-refractivity contribution < 1.29 is 4.79 Å². The zero-order valence-electron chi connectivity index (χ0n) is 10.5. The normalized spacial score (nSPS) is 38.5. The van der Waals surface area contributed by atoms with Gasteiger partial charge in [0.05, 0.1) is 0 Å². The molecule has 1 saturated carbocycles. The predicted molar refractivity (Wildman–Crippen MR) is 67.1 cm³/mol. The van der Waals surface area contributed by atoms with Gasteiger partial charge in [0.15, 0.2) is 0 Å². The maximum Gasteiger partial charge on any atom is 0.123 e. The zero-order valence-corrected chi connectivity index (χ0v) is 10.5. The van der Waals surface area contributed by atoms with Gasteiger partial charge in [0, 0.05) is 5.92 Å². The Morgan fingerprint density at radius 1 is 1.56 bits per heavy atom. The van der Waals surface area contributed by atoms with Crippen LogP contribution in [0.5, 0.6) is 0 Å². The third-order valence-electron chi connectivity index (χ3n) is 4.77. The Kier molecular flexibility index (Phi) is 3.05. The van der Waals surface area contributed by atoms with Crippen LogP contribution in [0.1, 0.15) is 46.0 Å². The smallest absolute Gasteiger partial charge is 0.123 e. The molecule has 0 unspecified atom stereocenters. The van der Waals surface area contributed by atoms with Gasteiger partial charge in [0.1, 0.15) is 6.29 Å². The van der Waals surface area contributed by atoms with E-state index in [9.17, 15) is 4.79 Å². The van der Waals surface area contributed by atoms with E-state index in [1.807, 2.05) is 0 Å². The molecule has 2 aliphatic carbocycles. The van der Waals surface area contributed by atoms with E-state index in [0.29, 0.717) is 5.92 Å². The molecular weight excluding hydrogens is 196 g/mol. The maximum absolute atomic E-state index is 11.3. The fourth-order valence-corrected chi connectivity index (χ4v) is 3.77. The summed E-state index contributed by atoms with van der Waals surface area (Å²) >= 11 is 0. The third kappa shape index (κ3) is 1.66. The van der Waals surface area contributed by atoms with E-state index in [1.165, 1.54) is 23.9 Å². The summed E-state index contributed by atoms with van der Waals surface area (Å²) in [4.78, 5) is 11.3. The van der Waals surface area contributed by atoms with Gasteiger partial charge >= 0.3 is 0 Å². The Labute approximate surface area is 98.6 Å². The number of aldehydes is 1. The first kappa shape index (κ1) is 11.6. The Morgan fingerprint density at radius 2 is 2.31 bits per heavy atom. The molecule has 1 fully saturated rings. The molecule has 0 radical (unpaired) electrons. The summed E-state index contributed by atoms with van der Waals surface area (Å²) in [6.07, 6.45) is 9.20. The van der Waals surface area contributed by atoms with Gasteiger partial charge in [-0.3, -0.25) is 0 Å². The summed E-state index contributed by atoms with van der Waals surface area (Å²) in [6.45, 7) is 8.47. The van der Waals surface area contributed by atoms with Crippen LogP contribution in [0.15, 0.2) is 23.8 Å². The molecule has 0 heterocycles. The number of hydrogen-bond acceptors (Lipinski definition) is 1.